The fourth-order valence-electron chi connectivity index (χ4n) is 1.26. The first-order valence-corrected chi connectivity index (χ1v) is 4.38. The number of nitrogens with zero attached hydrogens (tertiary/aromatic N) is 1. The highest BCUT2D eigenvalue weighted by Crippen LogP contribution is 2.20. The van der Waals surface area contributed by atoms with Gasteiger partial charge in [0.05, 0.1) is 0 Å². The van der Waals surface area contributed by atoms with Crippen molar-refractivity contribution in [3.8, 4) is 17.9 Å². The Kier molecular flexibility index (Phi) is 4.37. The van der Waals surface area contributed by atoms with Gasteiger partial charge in [0.25, 0.3) is 0 Å². The van der Waals surface area contributed by atoms with Gasteiger partial charge in [-0.3, -0.25) is 0 Å². The molecule has 0 aliphatic carbocycles. The molecule has 0 N–H and O–H groups in total. The summed E-state index contributed by atoms with van der Waals surface area (Å²) in [7, 11) is 3.12. The molecule has 1 rings (SSSR count). The lowest BCUT2D eigenvalue weighted by atomic mass is 10.1. The van der Waals surface area contributed by atoms with Gasteiger partial charge in [0, 0.05) is 31.3 Å². The van der Waals surface area contributed by atoms with E-state index in [9.17, 15) is 0 Å². The number of ether oxygens (including phenoxy) is 2. The smallest absolute Gasteiger partial charge is 0.184 e. The van der Waals surface area contributed by atoms with E-state index in [1.54, 1.807) is 20.3 Å². The van der Waals surface area contributed by atoms with Crippen LogP contribution in [0.5, 0.6) is 0 Å². The molecule has 0 spiro atoms. The lowest BCUT2D eigenvalue weighted by Gasteiger charge is -2.14. The largest absolute Gasteiger partial charge is 0.352 e. The van der Waals surface area contributed by atoms with E-state index in [0.29, 0.717) is 0 Å². The predicted molar refractivity (Wildman–Crippen MR) is 55.7 cm³/mol. The third-order valence-electron chi connectivity index (χ3n) is 1.90. The van der Waals surface area contributed by atoms with E-state index in [2.05, 4.69) is 11.8 Å². The first-order chi connectivity index (χ1) is 7.33. The number of hydrogen-bond acceptors (Lipinski definition) is 3. The zero-order valence-electron chi connectivity index (χ0n) is 8.65. The standard InChI is InChI=1S/C12H11NO2/c1-14-12(15-2)11-8-4-3-6-10(11)7-5-9-13/h3-4,6,8,12H,1-2H3. The molecule has 0 heterocycles. The Morgan fingerprint density at radius 2 is 1.87 bits per heavy atom. The molecule has 0 atom stereocenters. The quantitative estimate of drug-likeness (QED) is 0.553. The van der Waals surface area contributed by atoms with Gasteiger partial charge in [0.1, 0.15) is 0 Å². The number of benzene rings is 1. The van der Waals surface area contributed by atoms with Crippen molar-refractivity contribution in [2.75, 3.05) is 14.2 Å². The maximum atomic E-state index is 8.39. The molecule has 1 aromatic rings. The van der Waals surface area contributed by atoms with Crippen LogP contribution in [0.2, 0.25) is 0 Å². The maximum absolute atomic E-state index is 8.39. The highest BCUT2D eigenvalue weighted by molar-refractivity contribution is 5.44. The fourth-order valence-corrected chi connectivity index (χ4v) is 1.26. The Hall–Kier alpha value is -1.81. The van der Waals surface area contributed by atoms with Gasteiger partial charge < -0.3 is 9.47 Å². The second-order valence-corrected chi connectivity index (χ2v) is 2.75. The van der Waals surface area contributed by atoms with Crippen LogP contribution in [0, 0.1) is 23.2 Å². The zero-order valence-corrected chi connectivity index (χ0v) is 8.65. The number of nitriles is 1. The average Bonchev–Trinajstić information content (AvgIpc) is 2.29. The predicted octanol–water partition coefficient (Wildman–Crippen LogP) is 1.85. The van der Waals surface area contributed by atoms with Crippen molar-refractivity contribution in [1.82, 2.24) is 0 Å². The Morgan fingerprint density at radius 3 is 2.47 bits per heavy atom. The van der Waals surface area contributed by atoms with E-state index >= 15 is 0 Å². The monoisotopic (exact) mass is 201 g/mol. The van der Waals surface area contributed by atoms with E-state index in [0.717, 1.165) is 11.1 Å². The Morgan fingerprint density at radius 1 is 1.20 bits per heavy atom. The first-order valence-electron chi connectivity index (χ1n) is 4.38. The highest BCUT2D eigenvalue weighted by Gasteiger charge is 2.11. The lowest BCUT2D eigenvalue weighted by molar-refractivity contribution is -0.106. The molecule has 0 aromatic heterocycles. The number of methoxy groups -OCH3 is 2. The van der Waals surface area contributed by atoms with Gasteiger partial charge in [-0.1, -0.05) is 24.1 Å². The maximum Gasteiger partial charge on any atom is 0.184 e. The molecule has 1 aromatic carbocycles. The number of hydrogen-bond donors (Lipinski definition) is 0. The molecule has 0 radical (unpaired) electrons. The summed E-state index contributed by atoms with van der Waals surface area (Å²) in [5.74, 6) is 5.09. The van der Waals surface area contributed by atoms with E-state index < -0.39 is 6.29 Å². The van der Waals surface area contributed by atoms with E-state index in [1.807, 2.05) is 24.3 Å². The summed E-state index contributed by atoms with van der Waals surface area (Å²) in [6, 6.07) is 9.19. The molecular formula is C12H11NO2. The van der Waals surface area contributed by atoms with E-state index in [4.69, 9.17) is 14.7 Å². The van der Waals surface area contributed by atoms with E-state index in [1.165, 1.54) is 0 Å². The minimum Gasteiger partial charge on any atom is -0.352 e. The van der Waals surface area contributed by atoms with Crippen LogP contribution in [0.25, 0.3) is 0 Å². The van der Waals surface area contributed by atoms with Crippen molar-refractivity contribution in [2.45, 2.75) is 6.29 Å². The minimum absolute atomic E-state index is 0.450. The molecule has 0 fully saturated rings. The molecule has 0 amide bonds. The molecule has 0 saturated heterocycles. The Balaban J connectivity index is 3.11. The van der Waals surface area contributed by atoms with Gasteiger partial charge in [-0.2, -0.15) is 5.26 Å². The molecule has 0 unspecified atom stereocenters. The van der Waals surface area contributed by atoms with Gasteiger partial charge in [0.15, 0.2) is 12.4 Å². The molecule has 0 aliphatic heterocycles. The Bertz CT molecular complexity index is 419. The van der Waals surface area contributed by atoms with Crippen LogP contribution in [0.3, 0.4) is 0 Å². The van der Waals surface area contributed by atoms with Crippen molar-refractivity contribution >= 4 is 0 Å². The van der Waals surface area contributed by atoms with Gasteiger partial charge in [-0.15, -0.1) is 0 Å². The summed E-state index contributed by atoms with van der Waals surface area (Å²) in [4.78, 5) is 0. The van der Waals surface area contributed by atoms with Crippen molar-refractivity contribution in [1.29, 1.82) is 5.26 Å². The van der Waals surface area contributed by atoms with Crippen LogP contribution in [0.4, 0.5) is 0 Å². The zero-order chi connectivity index (χ0) is 11.1. The number of rotatable bonds is 3. The highest BCUT2D eigenvalue weighted by atomic mass is 16.7. The van der Waals surface area contributed by atoms with Crippen molar-refractivity contribution < 1.29 is 9.47 Å². The van der Waals surface area contributed by atoms with Crippen molar-refractivity contribution in [3.05, 3.63) is 35.4 Å². The molecule has 15 heavy (non-hydrogen) atoms. The summed E-state index contributed by atoms with van der Waals surface area (Å²) in [5, 5.41) is 8.39. The molecule has 3 heteroatoms. The van der Waals surface area contributed by atoms with Crippen LogP contribution >= 0.6 is 0 Å². The molecule has 3 nitrogen and oxygen atoms in total. The summed E-state index contributed by atoms with van der Waals surface area (Å²) in [5.41, 5.74) is 1.57. The summed E-state index contributed by atoms with van der Waals surface area (Å²) in [6.45, 7) is 0. The summed E-state index contributed by atoms with van der Waals surface area (Å²) in [6.07, 6.45) is -0.450. The SMILES string of the molecule is COC(OC)c1ccccc1C#CC#N. The molecular weight excluding hydrogens is 190 g/mol. The topological polar surface area (TPSA) is 42.2 Å². The van der Waals surface area contributed by atoms with Crippen LogP contribution < -0.4 is 0 Å². The molecule has 0 bridgehead atoms. The minimum atomic E-state index is -0.450. The first kappa shape index (κ1) is 11.3. The van der Waals surface area contributed by atoms with Gasteiger partial charge in [-0.25, -0.2) is 0 Å². The van der Waals surface area contributed by atoms with Crippen LogP contribution in [-0.4, -0.2) is 14.2 Å². The Labute approximate surface area is 89.2 Å². The van der Waals surface area contributed by atoms with E-state index in [-0.39, 0.29) is 0 Å². The second kappa shape index (κ2) is 5.82. The van der Waals surface area contributed by atoms with Crippen LogP contribution in [0.15, 0.2) is 24.3 Å². The van der Waals surface area contributed by atoms with Crippen molar-refractivity contribution in [2.24, 2.45) is 0 Å². The average molecular weight is 201 g/mol. The third-order valence-corrected chi connectivity index (χ3v) is 1.90. The fraction of sp³-hybridized carbons (Fsp3) is 0.250. The van der Waals surface area contributed by atoms with Crippen LogP contribution in [0.1, 0.15) is 17.4 Å². The molecule has 76 valence electrons. The summed E-state index contributed by atoms with van der Waals surface area (Å²) >= 11 is 0. The second-order valence-electron chi connectivity index (χ2n) is 2.75. The van der Waals surface area contributed by atoms with Gasteiger partial charge in [-0.05, 0) is 6.07 Å². The van der Waals surface area contributed by atoms with Crippen LogP contribution in [-0.2, 0) is 9.47 Å². The van der Waals surface area contributed by atoms with Gasteiger partial charge >= 0.3 is 0 Å². The lowest BCUT2D eigenvalue weighted by Crippen LogP contribution is -2.05. The normalized spacial score (nSPS) is 9.20. The van der Waals surface area contributed by atoms with Gasteiger partial charge in [0.2, 0.25) is 0 Å². The molecule has 0 saturated carbocycles. The summed E-state index contributed by atoms with van der Waals surface area (Å²) < 4.78 is 10.3. The van der Waals surface area contributed by atoms with Crippen molar-refractivity contribution in [3.63, 3.8) is 0 Å². The molecule has 0 aliphatic rings. The third kappa shape index (κ3) is 2.82.